The van der Waals surface area contributed by atoms with Crippen LogP contribution in [0.5, 0.6) is 5.75 Å². The molecule has 104 valence electrons. The highest BCUT2D eigenvalue weighted by atomic mass is 16.5. The Hall–Kier alpha value is -2.36. The van der Waals surface area contributed by atoms with E-state index in [-0.39, 0.29) is 6.10 Å². The zero-order valence-electron chi connectivity index (χ0n) is 11.3. The maximum atomic E-state index is 9.14. The first kappa shape index (κ1) is 14.1. The second kappa shape index (κ2) is 6.70. The van der Waals surface area contributed by atoms with E-state index in [0.29, 0.717) is 24.5 Å². The summed E-state index contributed by atoms with van der Waals surface area (Å²) in [5, 5.41) is 18.8. The molecular weight excluding hydrogens is 254 g/mol. The van der Waals surface area contributed by atoms with Crippen LogP contribution in [0, 0.1) is 11.3 Å². The Kier molecular flexibility index (Phi) is 4.71. The number of hydrogen-bond donors (Lipinski definition) is 3. The minimum Gasteiger partial charge on any atom is -0.488 e. The van der Waals surface area contributed by atoms with E-state index < -0.39 is 0 Å². The van der Waals surface area contributed by atoms with Crippen molar-refractivity contribution in [2.45, 2.75) is 13.0 Å². The third kappa shape index (κ3) is 3.35. The number of nitrogens with one attached hydrogen (secondary N) is 2. The van der Waals surface area contributed by atoms with Crippen molar-refractivity contribution in [3.8, 4) is 22.9 Å². The molecule has 1 atom stereocenters. The Morgan fingerprint density at radius 1 is 1.50 bits per heavy atom. The predicted octanol–water partition coefficient (Wildman–Crippen LogP) is 1.22. The number of nitrogens with zero attached hydrogens (tertiary/aromatic N) is 2. The van der Waals surface area contributed by atoms with Crippen molar-refractivity contribution < 1.29 is 4.74 Å². The topological polar surface area (TPSA) is 99.8 Å². The number of nitrogens with two attached hydrogens (primary N) is 1. The van der Waals surface area contributed by atoms with Crippen LogP contribution in [0.2, 0.25) is 0 Å². The SMILES string of the molecule is C[C@@H](CNCN)Oc1cc(-c2cn[nH]c2)ccc1C#N. The van der Waals surface area contributed by atoms with Crippen molar-refractivity contribution in [2.24, 2.45) is 5.73 Å². The second-order valence-corrected chi connectivity index (χ2v) is 4.40. The number of nitriles is 1. The maximum Gasteiger partial charge on any atom is 0.138 e. The molecule has 1 heterocycles. The van der Waals surface area contributed by atoms with Gasteiger partial charge in [0.05, 0.1) is 11.8 Å². The average molecular weight is 271 g/mol. The first-order valence-corrected chi connectivity index (χ1v) is 6.35. The van der Waals surface area contributed by atoms with Crippen LogP contribution in [0.3, 0.4) is 0 Å². The molecule has 2 aromatic rings. The molecule has 1 aromatic heterocycles. The minimum atomic E-state index is -0.0785. The van der Waals surface area contributed by atoms with Crippen molar-refractivity contribution in [3.63, 3.8) is 0 Å². The van der Waals surface area contributed by atoms with Gasteiger partial charge in [0.2, 0.25) is 0 Å². The van der Waals surface area contributed by atoms with Crippen LogP contribution < -0.4 is 15.8 Å². The standard InChI is InChI=1S/C14H17N5O/c1-10(6-17-9-16)20-14-4-11(2-3-12(14)5-15)13-7-18-19-8-13/h2-4,7-8,10,17H,6,9,16H2,1H3,(H,18,19)/t10-/m0/s1. The number of benzene rings is 1. The van der Waals surface area contributed by atoms with Gasteiger partial charge in [-0.25, -0.2) is 0 Å². The first-order chi connectivity index (χ1) is 9.74. The van der Waals surface area contributed by atoms with Gasteiger partial charge in [0.15, 0.2) is 0 Å². The Balaban J connectivity index is 2.21. The highest BCUT2D eigenvalue weighted by Gasteiger charge is 2.10. The first-order valence-electron chi connectivity index (χ1n) is 6.35. The van der Waals surface area contributed by atoms with Crippen LogP contribution in [0.15, 0.2) is 30.6 Å². The van der Waals surface area contributed by atoms with E-state index >= 15 is 0 Å². The molecule has 4 N–H and O–H groups in total. The molecule has 0 aliphatic heterocycles. The molecule has 0 aliphatic carbocycles. The summed E-state index contributed by atoms with van der Waals surface area (Å²) in [4.78, 5) is 0. The van der Waals surface area contributed by atoms with Crippen molar-refractivity contribution in [1.29, 1.82) is 5.26 Å². The van der Waals surface area contributed by atoms with E-state index in [1.165, 1.54) is 0 Å². The van der Waals surface area contributed by atoms with Crippen molar-refractivity contribution >= 4 is 0 Å². The lowest BCUT2D eigenvalue weighted by Crippen LogP contribution is -2.32. The molecule has 0 spiro atoms. The highest BCUT2D eigenvalue weighted by Crippen LogP contribution is 2.27. The van der Waals surface area contributed by atoms with Crippen molar-refractivity contribution in [3.05, 3.63) is 36.2 Å². The van der Waals surface area contributed by atoms with Gasteiger partial charge in [-0.2, -0.15) is 10.4 Å². The van der Waals surface area contributed by atoms with Gasteiger partial charge >= 0.3 is 0 Å². The van der Waals surface area contributed by atoms with Crippen LogP contribution in [-0.2, 0) is 0 Å². The third-order valence-electron chi connectivity index (χ3n) is 2.84. The smallest absolute Gasteiger partial charge is 0.138 e. The predicted molar refractivity (Wildman–Crippen MR) is 75.9 cm³/mol. The lowest BCUT2D eigenvalue weighted by Gasteiger charge is -2.16. The molecule has 0 bridgehead atoms. The van der Waals surface area contributed by atoms with Crippen LogP contribution >= 0.6 is 0 Å². The van der Waals surface area contributed by atoms with Gasteiger partial charge in [0, 0.05) is 25.0 Å². The maximum absolute atomic E-state index is 9.14. The van der Waals surface area contributed by atoms with Crippen LogP contribution in [0.4, 0.5) is 0 Å². The van der Waals surface area contributed by atoms with Crippen LogP contribution in [0.25, 0.3) is 11.1 Å². The summed E-state index contributed by atoms with van der Waals surface area (Å²) in [5.41, 5.74) is 7.80. The second-order valence-electron chi connectivity index (χ2n) is 4.40. The fourth-order valence-corrected chi connectivity index (χ4v) is 1.85. The molecule has 1 aromatic carbocycles. The normalized spacial score (nSPS) is 11.8. The number of rotatable bonds is 6. The lowest BCUT2D eigenvalue weighted by molar-refractivity contribution is 0.217. The van der Waals surface area contributed by atoms with E-state index in [0.717, 1.165) is 11.1 Å². The average Bonchev–Trinajstić information content (AvgIpc) is 2.99. The summed E-state index contributed by atoms with van der Waals surface area (Å²) in [6.07, 6.45) is 3.44. The Bertz CT molecular complexity index is 588. The van der Waals surface area contributed by atoms with Crippen LogP contribution in [-0.4, -0.2) is 29.5 Å². The summed E-state index contributed by atoms with van der Waals surface area (Å²) in [6.45, 7) is 2.94. The Morgan fingerprint density at radius 2 is 2.35 bits per heavy atom. The largest absolute Gasteiger partial charge is 0.488 e. The van der Waals surface area contributed by atoms with Gasteiger partial charge in [0.1, 0.15) is 17.9 Å². The van der Waals surface area contributed by atoms with E-state index in [9.17, 15) is 0 Å². The molecule has 2 rings (SSSR count). The number of aromatic amines is 1. The monoisotopic (exact) mass is 271 g/mol. The van der Waals surface area contributed by atoms with Gasteiger partial charge in [-0.1, -0.05) is 6.07 Å². The third-order valence-corrected chi connectivity index (χ3v) is 2.84. The summed E-state index contributed by atoms with van der Waals surface area (Å²) in [5.74, 6) is 0.567. The summed E-state index contributed by atoms with van der Waals surface area (Å²) < 4.78 is 5.81. The van der Waals surface area contributed by atoms with Gasteiger partial charge < -0.3 is 15.8 Å². The molecule has 0 aliphatic rings. The van der Waals surface area contributed by atoms with Gasteiger partial charge in [0.25, 0.3) is 0 Å². The zero-order valence-corrected chi connectivity index (χ0v) is 11.3. The van der Waals surface area contributed by atoms with Crippen molar-refractivity contribution in [1.82, 2.24) is 15.5 Å². The van der Waals surface area contributed by atoms with Crippen LogP contribution in [0.1, 0.15) is 12.5 Å². The fraction of sp³-hybridized carbons (Fsp3) is 0.286. The number of aromatic nitrogens is 2. The minimum absolute atomic E-state index is 0.0785. The Labute approximate surface area is 117 Å². The van der Waals surface area contributed by atoms with E-state index in [1.807, 2.05) is 19.1 Å². The molecule has 6 heteroatoms. The van der Waals surface area contributed by atoms with E-state index in [2.05, 4.69) is 21.6 Å². The highest BCUT2D eigenvalue weighted by molar-refractivity contribution is 5.65. The molecule has 0 saturated carbocycles. The molecule has 0 unspecified atom stereocenters. The van der Waals surface area contributed by atoms with Gasteiger partial charge in [-0.3, -0.25) is 5.10 Å². The number of ether oxygens (including phenoxy) is 1. The molecule has 0 fully saturated rings. The molecule has 0 radical (unpaired) electrons. The Morgan fingerprint density at radius 3 is 3.00 bits per heavy atom. The molecule has 0 amide bonds. The zero-order chi connectivity index (χ0) is 14.4. The summed E-state index contributed by atoms with van der Waals surface area (Å²) in [6, 6.07) is 7.61. The van der Waals surface area contributed by atoms with Crippen molar-refractivity contribution in [2.75, 3.05) is 13.2 Å². The molecule has 0 saturated heterocycles. The fourth-order valence-electron chi connectivity index (χ4n) is 1.85. The quantitative estimate of drug-likeness (QED) is 0.686. The van der Waals surface area contributed by atoms with Gasteiger partial charge in [-0.15, -0.1) is 0 Å². The van der Waals surface area contributed by atoms with E-state index in [1.54, 1.807) is 18.5 Å². The molecular formula is C14H17N5O. The number of H-pyrrole nitrogens is 1. The van der Waals surface area contributed by atoms with Gasteiger partial charge in [-0.05, 0) is 24.6 Å². The summed E-state index contributed by atoms with van der Waals surface area (Å²) >= 11 is 0. The summed E-state index contributed by atoms with van der Waals surface area (Å²) in [7, 11) is 0. The van der Waals surface area contributed by atoms with E-state index in [4.69, 9.17) is 15.7 Å². The lowest BCUT2D eigenvalue weighted by atomic mass is 10.1. The molecule has 20 heavy (non-hydrogen) atoms. The number of hydrogen-bond acceptors (Lipinski definition) is 5. The molecule has 6 nitrogen and oxygen atoms in total.